The van der Waals surface area contributed by atoms with Crippen molar-refractivity contribution in [2.75, 3.05) is 19.5 Å². The Labute approximate surface area is 139 Å². The Morgan fingerprint density at radius 3 is 2.79 bits per heavy atom. The average Bonchev–Trinajstić information content (AvgIpc) is 2.74. The minimum atomic E-state index is -4.23. The first kappa shape index (κ1) is 17.6. The summed E-state index contributed by atoms with van der Waals surface area (Å²) in [5.74, 6) is -1.03. The predicted octanol–water partition coefficient (Wildman–Crippen LogP) is -0.0350. The van der Waals surface area contributed by atoms with Crippen LogP contribution in [0.4, 0.5) is 0 Å². The van der Waals surface area contributed by atoms with Crippen LogP contribution >= 0.6 is 0 Å². The first-order valence-corrected chi connectivity index (χ1v) is 8.44. The fourth-order valence-corrected chi connectivity index (χ4v) is 2.84. The molecule has 1 aliphatic rings. The van der Waals surface area contributed by atoms with Crippen molar-refractivity contribution in [3.05, 3.63) is 29.3 Å². The standard InChI is InChI=1S/C14H17N3O6S/c1-21-12-4-2-3-10-7-9(5-6-22-13(10)12)11(18)8-24(19,20)23-17-14(15)16/h2-4,7H,5-6,8H2,1H3,(H4,15,16,17). The Morgan fingerprint density at radius 1 is 1.38 bits per heavy atom. The number of Topliss-reactive ketones (excluding diaryl/α,β-unsaturated/α-hetero) is 1. The van der Waals surface area contributed by atoms with Crippen LogP contribution in [-0.2, 0) is 19.2 Å². The third-order valence-corrected chi connectivity index (χ3v) is 4.02. The smallest absolute Gasteiger partial charge is 0.336 e. The van der Waals surface area contributed by atoms with Crippen molar-refractivity contribution in [2.24, 2.45) is 16.6 Å². The number of oxime groups is 1. The zero-order valence-electron chi connectivity index (χ0n) is 12.9. The van der Waals surface area contributed by atoms with Crippen LogP contribution in [0.15, 0.2) is 28.9 Å². The minimum Gasteiger partial charge on any atom is -0.493 e. The van der Waals surface area contributed by atoms with Gasteiger partial charge in [0.1, 0.15) is 0 Å². The van der Waals surface area contributed by atoms with E-state index in [9.17, 15) is 13.2 Å². The molecule has 0 radical (unpaired) electrons. The van der Waals surface area contributed by atoms with E-state index in [1.165, 1.54) is 7.11 Å². The van der Waals surface area contributed by atoms with E-state index >= 15 is 0 Å². The number of hydrogen-bond donors (Lipinski definition) is 2. The molecule has 1 aliphatic heterocycles. The topological polar surface area (TPSA) is 143 Å². The molecule has 0 saturated carbocycles. The van der Waals surface area contributed by atoms with Crippen molar-refractivity contribution < 1.29 is 27.0 Å². The summed E-state index contributed by atoms with van der Waals surface area (Å²) in [6.45, 7) is 0.208. The molecule has 9 nitrogen and oxygen atoms in total. The van der Waals surface area contributed by atoms with Crippen molar-refractivity contribution >= 4 is 27.9 Å². The number of methoxy groups -OCH3 is 1. The summed E-state index contributed by atoms with van der Waals surface area (Å²) in [5.41, 5.74) is 10.9. The first-order chi connectivity index (χ1) is 11.3. The van der Waals surface area contributed by atoms with Gasteiger partial charge < -0.3 is 20.9 Å². The Hall–Kier alpha value is -2.75. The average molecular weight is 355 g/mol. The van der Waals surface area contributed by atoms with E-state index in [1.54, 1.807) is 24.3 Å². The number of para-hydroxylation sites is 1. The van der Waals surface area contributed by atoms with Crippen molar-refractivity contribution in [3.63, 3.8) is 0 Å². The minimum absolute atomic E-state index is 0.208. The van der Waals surface area contributed by atoms with Gasteiger partial charge in [0.15, 0.2) is 23.0 Å². The van der Waals surface area contributed by atoms with E-state index < -0.39 is 27.6 Å². The van der Waals surface area contributed by atoms with Gasteiger partial charge in [0.25, 0.3) is 0 Å². The van der Waals surface area contributed by atoms with E-state index in [1.807, 2.05) is 0 Å². The third kappa shape index (κ3) is 4.38. The largest absolute Gasteiger partial charge is 0.493 e. The number of hydrogen-bond acceptors (Lipinski definition) is 7. The molecule has 0 aliphatic carbocycles. The van der Waals surface area contributed by atoms with E-state index in [2.05, 4.69) is 9.44 Å². The van der Waals surface area contributed by atoms with Crippen LogP contribution in [-0.4, -0.2) is 39.6 Å². The normalized spacial score (nSPS) is 13.6. The van der Waals surface area contributed by atoms with Gasteiger partial charge in [-0.2, -0.15) is 8.42 Å². The molecule has 10 heteroatoms. The van der Waals surface area contributed by atoms with Crippen LogP contribution in [0.25, 0.3) is 6.08 Å². The molecular weight excluding hydrogens is 338 g/mol. The van der Waals surface area contributed by atoms with Gasteiger partial charge in [-0.25, -0.2) is 0 Å². The molecule has 1 aromatic rings. The van der Waals surface area contributed by atoms with E-state index in [-0.39, 0.29) is 13.0 Å². The van der Waals surface area contributed by atoms with Crippen LogP contribution in [0, 0.1) is 0 Å². The number of nitrogens with two attached hydrogens (primary N) is 2. The van der Waals surface area contributed by atoms with E-state index in [0.717, 1.165) is 0 Å². The number of nitrogens with zero attached hydrogens (tertiary/aromatic N) is 1. The zero-order chi connectivity index (χ0) is 17.7. The summed E-state index contributed by atoms with van der Waals surface area (Å²) in [6.07, 6.45) is 1.82. The van der Waals surface area contributed by atoms with Gasteiger partial charge in [0.2, 0.25) is 5.96 Å². The van der Waals surface area contributed by atoms with Crippen molar-refractivity contribution in [3.8, 4) is 11.5 Å². The van der Waals surface area contributed by atoms with Crippen molar-refractivity contribution in [1.29, 1.82) is 0 Å². The molecule has 0 fully saturated rings. The molecule has 1 aromatic carbocycles. The lowest BCUT2D eigenvalue weighted by molar-refractivity contribution is -0.113. The van der Waals surface area contributed by atoms with Gasteiger partial charge in [-0.05, 0) is 17.3 Å². The molecule has 4 N–H and O–H groups in total. The number of carbonyl (C=O) groups excluding carboxylic acids is 1. The molecule has 0 atom stereocenters. The summed E-state index contributed by atoms with van der Waals surface area (Å²) in [5, 5.41) is 2.94. The molecule has 0 spiro atoms. The molecule has 24 heavy (non-hydrogen) atoms. The fourth-order valence-electron chi connectivity index (χ4n) is 2.08. The second-order valence-electron chi connectivity index (χ2n) is 4.86. The molecular formula is C14H17N3O6S. The molecule has 1 heterocycles. The number of ketones is 1. The highest BCUT2D eigenvalue weighted by molar-refractivity contribution is 7.87. The summed E-state index contributed by atoms with van der Waals surface area (Å²) < 4.78 is 38.4. The molecule has 0 amide bonds. The van der Waals surface area contributed by atoms with Gasteiger partial charge in [0.05, 0.1) is 13.7 Å². The maximum Gasteiger partial charge on any atom is 0.336 e. The number of rotatable bonds is 6. The van der Waals surface area contributed by atoms with Gasteiger partial charge in [-0.1, -0.05) is 12.1 Å². The Morgan fingerprint density at radius 2 is 2.12 bits per heavy atom. The number of benzene rings is 1. The lowest BCUT2D eigenvalue weighted by Gasteiger charge is -2.10. The van der Waals surface area contributed by atoms with Crippen molar-refractivity contribution in [2.45, 2.75) is 6.42 Å². The molecule has 0 saturated heterocycles. The van der Waals surface area contributed by atoms with Gasteiger partial charge in [-0.3, -0.25) is 9.08 Å². The Bertz CT molecular complexity index is 797. The number of ether oxygens (including phenoxy) is 2. The molecule has 0 aromatic heterocycles. The van der Waals surface area contributed by atoms with E-state index in [0.29, 0.717) is 22.6 Å². The summed E-state index contributed by atoms with van der Waals surface area (Å²) in [4.78, 5) is 12.3. The zero-order valence-corrected chi connectivity index (χ0v) is 13.7. The lowest BCUT2D eigenvalue weighted by atomic mass is 10.1. The molecule has 0 unspecified atom stereocenters. The maximum atomic E-state index is 12.3. The highest BCUT2D eigenvalue weighted by Crippen LogP contribution is 2.35. The maximum absolute atomic E-state index is 12.3. The monoisotopic (exact) mass is 355 g/mol. The predicted molar refractivity (Wildman–Crippen MR) is 86.8 cm³/mol. The highest BCUT2D eigenvalue weighted by Gasteiger charge is 2.24. The van der Waals surface area contributed by atoms with Crippen LogP contribution in [0.5, 0.6) is 11.5 Å². The Kier molecular flexibility index (Phi) is 5.29. The number of carbonyl (C=O) groups is 1. The van der Waals surface area contributed by atoms with Gasteiger partial charge >= 0.3 is 10.1 Å². The number of guanidine groups is 1. The SMILES string of the molecule is COc1cccc2c1OCCC(C(=O)CS(=O)(=O)ON=C(N)N)=C2. The van der Waals surface area contributed by atoms with Gasteiger partial charge in [0, 0.05) is 17.6 Å². The quantitative estimate of drug-likeness (QED) is 0.411. The highest BCUT2D eigenvalue weighted by atomic mass is 32.2. The Balaban J connectivity index is 2.23. The molecule has 0 bridgehead atoms. The number of fused-ring (bicyclic) bond motifs is 1. The first-order valence-electron chi connectivity index (χ1n) is 6.86. The van der Waals surface area contributed by atoms with Crippen LogP contribution in [0.1, 0.15) is 12.0 Å². The van der Waals surface area contributed by atoms with E-state index in [4.69, 9.17) is 20.9 Å². The molecule has 2 rings (SSSR count). The lowest BCUT2D eigenvalue weighted by Crippen LogP contribution is -2.25. The van der Waals surface area contributed by atoms with Gasteiger partial charge in [-0.15, -0.1) is 0 Å². The van der Waals surface area contributed by atoms with Crippen molar-refractivity contribution in [1.82, 2.24) is 0 Å². The summed E-state index contributed by atoms with van der Waals surface area (Å²) in [6, 6.07) is 5.21. The summed E-state index contributed by atoms with van der Waals surface area (Å²) in [7, 11) is -2.72. The molecule has 130 valence electrons. The fraction of sp³-hybridized carbons (Fsp3) is 0.286. The summed E-state index contributed by atoms with van der Waals surface area (Å²) >= 11 is 0. The second kappa shape index (κ2) is 7.21. The second-order valence-corrected chi connectivity index (χ2v) is 6.42. The van der Waals surface area contributed by atoms with Crippen LogP contribution < -0.4 is 20.9 Å². The van der Waals surface area contributed by atoms with Crippen LogP contribution in [0.2, 0.25) is 0 Å². The third-order valence-electron chi connectivity index (χ3n) is 3.10. The van der Waals surface area contributed by atoms with Crippen LogP contribution in [0.3, 0.4) is 0 Å².